The number of rotatable bonds is 9. The van der Waals surface area contributed by atoms with Crippen molar-refractivity contribution in [3.8, 4) is 114 Å². The van der Waals surface area contributed by atoms with E-state index in [1.165, 1.54) is 0 Å². The van der Waals surface area contributed by atoms with Crippen LogP contribution in [0.2, 0.25) is 0 Å². The van der Waals surface area contributed by atoms with Crippen LogP contribution < -0.4 is 0 Å². The van der Waals surface area contributed by atoms with Crippen molar-refractivity contribution in [2.45, 2.75) is 0 Å². The third-order valence-corrected chi connectivity index (χ3v) is 16.5. The van der Waals surface area contributed by atoms with Gasteiger partial charge in [-0.15, -0.1) is 0 Å². The zero-order chi connectivity index (χ0) is 63.1. The molecule has 3 heterocycles. The fourth-order valence-electron chi connectivity index (χ4n) is 12.3. The van der Waals surface area contributed by atoms with Crippen molar-refractivity contribution in [2.75, 3.05) is 0 Å². The van der Waals surface area contributed by atoms with Gasteiger partial charge in [0.15, 0.2) is 34.3 Å². The lowest BCUT2D eigenvalue weighted by molar-refractivity contribution is 1.10. The van der Waals surface area contributed by atoms with E-state index in [9.17, 15) is 21.0 Å². The Labute approximate surface area is 527 Å². The summed E-state index contributed by atoms with van der Waals surface area (Å²) in [5, 5.41) is 44.8. The number of hydrogen-bond donors (Lipinski definition) is 0. The first-order valence-corrected chi connectivity index (χ1v) is 28.6. The summed E-state index contributed by atoms with van der Waals surface area (Å²) in [6.07, 6.45) is 0. The molecule has 0 aliphatic heterocycles. The molecule has 14 aromatic rings. The van der Waals surface area contributed by atoms with Gasteiger partial charge in [0.05, 0.1) is 113 Å². The van der Waals surface area contributed by atoms with E-state index in [0.29, 0.717) is 146 Å². The van der Waals surface area contributed by atoms with Crippen molar-refractivity contribution in [3.05, 3.63) is 304 Å². The highest BCUT2D eigenvalue weighted by Crippen LogP contribution is 2.47. The molecule has 0 saturated carbocycles. The van der Waals surface area contributed by atoms with E-state index in [4.69, 9.17) is 42.8 Å². The van der Waals surface area contributed by atoms with Gasteiger partial charge in [-0.25, -0.2) is 34.2 Å². The maximum Gasteiger partial charge on any atom is 0.196 e. The summed E-state index contributed by atoms with van der Waals surface area (Å²) in [4.78, 5) is 29.9. The maximum absolute atomic E-state index is 11.5. The van der Waals surface area contributed by atoms with E-state index < -0.39 is 0 Å². The van der Waals surface area contributed by atoms with Crippen LogP contribution in [0.1, 0.15) is 22.3 Å². The molecule has 92 heavy (non-hydrogen) atoms. The molecule has 0 radical (unpaired) electrons. The summed E-state index contributed by atoms with van der Waals surface area (Å²) in [6.45, 7) is 40.1. The van der Waals surface area contributed by atoms with Gasteiger partial charge in [-0.2, -0.15) is 21.0 Å². The monoisotopic (exact) mass is 1170 g/mol. The van der Waals surface area contributed by atoms with Gasteiger partial charge in [0, 0.05) is 49.4 Å². The third-order valence-electron chi connectivity index (χ3n) is 16.5. The molecule has 0 saturated heterocycles. The van der Waals surface area contributed by atoms with Crippen molar-refractivity contribution in [1.29, 1.82) is 21.0 Å². The third kappa shape index (κ3) is 9.37. The molecule has 0 aliphatic rings. The molecule has 418 valence electrons. The molecule has 0 amide bonds. The molecular formula is C79H37N13. The first-order valence-electron chi connectivity index (χ1n) is 28.6. The maximum atomic E-state index is 11.5. The standard InChI is InChI=1S/C79H37N13/c1-84-57-22-26-59(56(36-57)46-83)52-18-28-72-63(37-52)64-40-55(62-27-23-58(85-2)41-71(62)88-5)21-31-73(64)91(72)76-34-49(45-82)35-77(78(76)79-89-67(50-12-8-6-9-13-50)42-68(90-79)51-14-10-7-11-15-51)92-74-29-19-53(60-24-16-47(43-80)32-69(60)86-3)38-65(74)66-39-54(20-30-75(66)92)61-25-17-48(44-81)33-70(61)87-4/h6-42H. The SMILES string of the molecule is [C-]#[N+]c1ccc(-c2ccc3c(c2)c2cc(-c4ccc([N+]#[C-])cc4[N+]#[C-])ccc2n3-c2cc(C#N)cc(-n3c4ccc(-c5ccc(C#N)cc5[N+]#[C-])cc4c4cc(-c5ccc(C#N)cc5[N+]#[C-])ccc43)c2-c2nc(-c3ccccc3)cc(-c3ccccc3)n2)c(C#N)c1. The number of aromatic nitrogens is 4. The van der Waals surface area contributed by atoms with Crippen molar-refractivity contribution >= 4 is 72.0 Å². The lowest BCUT2D eigenvalue weighted by Gasteiger charge is -2.21. The average molecular weight is 1170 g/mol. The van der Waals surface area contributed by atoms with Crippen molar-refractivity contribution in [2.24, 2.45) is 0 Å². The minimum atomic E-state index is 0.284. The first-order chi connectivity index (χ1) is 45.2. The van der Waals surface area contributed by atoms with Crippen LogP contribution in [0.4, 0.5) is 28.4 Å². The van der Waals surface area contributed by atoms with Crippen LogP contribution in [0.25, 0.3) is 158 Å². The van der Waals surface area contributed by atoms with Crippen LogP contribution in [-0.4, -0.2) is 19.1 Å². The van der Waals surface area contributed by atoms with Gasteiger partial charge in [-0.3, -0.25) is 0 Å². The highest BCUT2D eigenvalue weighted by Gasteiger charge is 2.28. The van der Waals surface area contributed by atoms with Crippen LogP contribution in [0.3, 0.4) is 0 Å². The van der Waals surface area contributed by atoms with Gasteiger partial charge < -0.3 is 9.13 Å². The van der Waals surface area contributed by atoms with E-state index in [-0.39, 0.29) is 5.56 Å². The number of benzene rings is 11. The minimum Gasteiger partial charge on any atom is -0.308 e. The van der Waals surface area contributed by atoms with Crippen LogP contribution >= 0.6 is 0 Å². The molecule has 3 aromatic heterocycles. The van der Waals surface area contributed by atoms with Gasteiger partial charge in [-0.1, -0.05) is 127 Å². The topological polar surface area (TPSA) is 153 Å². The second-order valence-corrected chi connectivity index (χ2v) is 21.6. The second kappa shape index (κ2) is 22.7. The largest absolute Gasteiger partial charge is 0.308 e. The van der Waals surface area contributed by atoms with Crippen LogP contribution in [-0.2, 0) is 0 Å². The van der Waals surface area contributed by atoms with Gasteiger partial charge in [0.1, 0.15) is 0 Å². The lowest BCUT2D eigenvalue weighted by Crippen LogP contribution is -2.07. The summed E-state index contributed by atoms with van der Waals surface area (Å²) in [5.74, 6) is 0.310. The number of fused-ring (bicyclic) bond motifs is 6. The zero-order valence-electron chi connectivity index (χ0n) is 48.2. The fraction of sp³-hybridized carbons (Fsp3) is 0. The smallest absolute Gasteiger partial charge is 0.196 e. The van der Waals surface area contributed by atoms with Gasteiger partial charge in [0.25, 0.3) is 0 Å². The summed E-state index contributed by atoms with van der Waals surface area (Å²) in [5.41, 5.74) is 15.4. The molecule has 0 spiro atoms. The molecule has 0 fully saturated rings. The number of hydrogen-bond acceptors (Lipinski definition) is 6. The minimum absolute atomic E-state index is 0.284. The summed E-state index contributed by atoms with van der Waals surface area (Å²) in [7, 11) is 0. The molecule has 14 rings (SSSR count). The van der Waals surface area contributed by atoms with E-state index >= 15 is 0 Å². The predicted molar refractivity (Wildman–Crippen MR) is 359 cm³/mol. The Balaban J connectivity index is 1.14. The fourth-order valence-corrected chi connectivity index (χ4v) is 12.3. The van der Waals surface area contributed by atoms with E-state index in [2.05, 4.69) is 57.6 Å². The molecule has 0 atom stereocenters. The Hall–Kier alpha value is -14.5. The highest BCUT2D eigenvalue weighted by molar-refractivity contribution is 6.15. The Morgan fingerprint density at radius 2 is 0.696 bits per heavy atom. The first kappa shape index (κ1) is 55.4. The van der Waals surface area contributed by atoms with Crippen molar-refractivity contribution in [3.63, 3.8) is 0 Å². The van der Waals surface area contributed by atoms with Crippen LogP contribution in [0.15, 0.2) is 224 Å². The Morgan fingerprint density at radius 3 is 1.09 bits per heavy atom. The van der Waals surface area contributed by atoms with Crippen molar-refractivity contribution < 1.29 is 0 Å². The number of nitriles is 4. The summed E-state index contributed by atoms with van der Waals surface area (Å²) < 4.78 is 4.20. The molecule has 0 bridgehead atoms. The molecule has 0 aliphatic carbocycles. The Bertz CT molecular complexity index is 5330. The van der Waals surface area contributed by atoms with E-state index in [1.54, 1.807) is 72.8 Å². The number of nitrogens with zero attached hydrogens (tertiary/aromatic N) is 13. The molecular weight excluding hydrogens is 1130 g/mol. The summed E-state index contributed by atoms with van der Waals surface area (Å²) >= 11 is 0. The second-order valence-electron chi connectivity index (χ2n) is 21.6. The Morgan fingerprint density at radius 1 is 0.315 bits per heavy atom. The zero-order valence-corrected chi connectivity index (χ0v) is 48.2. The lowest BCUT2D eigenvalue weighted by atomic mass is 9.97. The van der Waals surface area contributed by atoms with E-state index in [1.807, 2.05) is 152 Å². The molecule has 13 nitrogen and oxygen atoms in total. The quantitative estimate of drug-likeness (QED) is 0.131. The van der Waals surface area contributed by atoms with Crippen molar-refractivity contribution in [1.82, 2.24) is 19.1 Å². The van der Waals surface area contributed by atoms with Gasteiger partial charge in [0.2, 0.25) is 0 Å². The molecule has 0 N–H and O–H groups in total. The molecule has 0 unspecified atom stereocenters. The van der Waals surface area contributed by atoms with Crippen LogP contribution in [0, 0.1) is 78.2 Å². The summed E-state index contributed by atoms with van der Waals surface area (Å²) in [6, 6.07) is 78.4. The molecule has 11 aromatic carbocycles. The average Bonchev–Trinajstić information content (AvgIpc) is 1.52. The highest BCUT2D eigenvalue weighted by atomic mass is 15.0. The normalized spacial score (nSPS) is 10.7. The van der Waals surface area contributed by atoms with E-state index in [0.717, 1.165) is 32.7 Å². The predicted octanol–water partition coefficient (Wildman–Crippen LogP) is 20.6. The van der Waals surface area contributed by atoms with Crippen LogP contribution in [0.5, 0.6) is 0 Å². The van der Waals surface area contributed by atoms with Gasteiger partial charge in [-0.05, 0) is 142 Å². The van der Waals surface area contributed by atoms with Gasteiger partial charge >= 0.3 is 0 Å². The Kier molecular flexibility index (Phi) is 13.7. The molecule has 13 heteroatoms.